The summed E-state index contributed by atoms with van der Waals surface area (Å²) in [7, 11) is 0. The second-order valence-electron chi connectivity index (χ2n) is 5.79. The van der Waals surface area contributed by atoms with Gasteiger partial charge in [0, 0.05) is 5.92 Å². The summed E-state index contributed by atoms with van der Waals surface area (Å²) in [6.45, 7) is 14.4. The van der Waals surface area contributed by atoms with Gasteiger partial charge in [-0.3, -0.25) is 0 Å². The molecule has 0 aromatic heterocycles. The molecule has 1 rings (SSSR count). The number of allylic oxidation sites excluding steroid dienone is 4. The minimum absolute atomic E-state index is 0.383. The van der Waals surface area contributed by atoms with Crippen LogP contribution in [0, 0.1) is 5.92 Å². The molecule has 1 aromatic rings. The van der Waals surface area contributed by atoms with Crippen molar-refractivity contribution in [3.63, 3.8) is 0 Å². The number of hydrogen-bond donors (Lipinski definition) is 1. The lowest BCUT2D eigenvalue weighted by atomic mass is 9.88. The third-order valence-corrected chi connectivity index (χ3v) is 3.66. The van der Waals surface area contributed by atoms with Crippen LogP contribution in [0.3, 0.4) is 0 Å². The van der Waals surface area contributed by atoms with Gasteiger partial charge in [-0.2, -0.15) is 0 Å². The van der Waals surface area contributed by atoms with E-state index in [1.807, 2.05) is 12.2 Å². The van der Waals surface area contributed by atoms with Crippen LogP contribution in [0.15, 0.2) is 67.3 Å². The van der Waals surface area contributed by atoms with Gasteiger partial charge in [0.05, 0.1) is 0 Å². The average molecular weight is 283 g/mol. The summed E-state index contributed by atoms with van der Waals surface area (Å²) in [5.74, 6) is 1.14. The third kappa shape index (κ3) is 6.59. The molecule has 0 heterocycles. The topological polar surface area (TPSA) is 12.0 Å². The number of benzene rings is 1. The molecule has 0 saturated heterocycles. The Morgan fingerprint density at radius 2 is 1.76 bits per heavy atom. The standard InChI is InChI=1S/C20H29N/c1-5-10-18(6-2)20(19-11-8-7-9-12-19)14-16-21-15-13-17(3)4/h5-12,17,20-21H,1-2,13-16H2,3-4H3/b18-10+. The van der Waals surface area contributed by atoms with Crippen LogP contribution in [0.2, 0.25) is 0 Å². The van der Waals surface area contributed by atoms with E-state index in [0.29, 0.717) is 5.92 Å². The highest BCUT2D eigenvalue weighted by atomic mass is 14.8. The summed E-state index contributed by atoms with van der Waals surface area (Å²) in [6, 6.07) is 10.6. The summed E-state index contributed by atoms with van der Waals surface area (Å²) >= 11 is 0. The van der Waals surface area contributed by atoms with Gasteiger partial charge in [-0.05, 0) is 43.0 Å². The van der Waals surface area contributed by atoms with E-state index in [4.69, 9.17) is 0 Å². The van der Waals surface area contributed by atoms with Crippen LogP contribution in [0.5, 0.6) is 0 Å². The third-order valence-electron chi connectivity index (χ3n) is 3.66. The largest absolute Gasteiger partial charge is 0.317 e. The van der Waals surface area contributed by atoms with E-state index in [1.54, 1.807) is 0 Å². The van der Waals surface area contributed by atoms with Crippen molar-refractivity contribution in [3.8, 4) is 0 Å². The summed E-state index contributed by atoms with van der Waals surface area (Å²) in [6.07, 6.45) is 8.17. The normalized spacial score (nSPS) is 13.2. The van der Waals surface area contributed by atoms with Gasteiger partial charge in [-0.1, -0.05) is 75.6 Å². The van der Waals surface area contributed by atoms with Gasteiger partial charge in [-0.25, -0.2) is 0 Å². The van der Waals surface area contributed by atoms with Crippen molar-refractivity contribution < 1.29 is 0 Å². The van der Waals surface area contributed by atoms with Crippen molar-refractivity contribution in [2.45, 2.75) is 32.6 Å². The van der Waals surface area contributed by atoms with Gasteiger partial charge in [0.1, 0.15) is 0 Å². The minimum atomic E-state index is 0.383. The second-order valence-corrected chi connectivity index (χ2v) is 5.79. The Kier molecular flexibility index (Phi) is 8.45. The smallest absolute Gasteiger partial charge is 0.0101 e. The van der Waals surface area contributed by atoms with Crippen molar-refractivity contribution in [1.29, 1.82) is 0 Å². The zero-order valence-electron chi connectivity index (χ0n) is 13.5. The molecule has 0 saturated carbocycles. The van der Waals surface area contributed by atoms with Crippen LogP contribution in [0.4, 0.5) is 0 Å². The molecule has 0 aliphatic carbocycles. The van der Waals surface area contributed by atoms with Crippen LogP contribution in [0.25, 0.3) is 0 Å². The molecule has 0 amide bonds. The fourth-order valence-electron chi connectivity index (χ4n) is 2.44. The highest BCUT2D eigenvalue weighted by Crippen LogP contribution is 2.28. The first-order valence-corrected chi connectivity index (χ1v) is 7.89. The maximum atomic E-state index is 3.96. The lowest BCUT2D eigenvalue weighted by Crippen LogP contribution is -2.20. The average Bonchev–Trinajstić information content (AvgIpc) is 2.49. The molecule has 0 spiro atoms. The minimum Gasteiger partial charge on any atom is -0.317 e. The zero-order valence-corrected chi connectivity index (χ0v) is 13.5. The molecular weight excluding hydrogens is 254 g/mol. The molecule has 1 aromatic carbocycles. The highest BCUT2D eigenvalue weighted by molar-refractivity contribution is 5.36. The second kappa shape index (κ2) is 10.2. The quantitative estimate of drug-likeness (QED) is 0.465. The molecule has 1 unspecified atom stereocenters. The summed E-state index contributed by atoms with van der Waals surface area (Å²) in [4.78, 5) is 0. The molecular formula is C20H29N. The highest BCUT2D eigenvalue weighted by Gasteiger charge is 2.13. The zero-order chi connectivity index (χ0) is 15.5. The fraction of sp³-hybridized carbons (Fsp3) is 0.400. The monoisotopic (exact) mass is 283 g/mol. The molecule has 1 atom stereocenters. The summed E-state index contributed by atoms with van der Waals surface area (Å²) in [5.41, 5.74) is 2.58. The Hall–Kier alpha value is -1.60. The molecule has 0 bridgehead atoms. The predicted octanol–water partition coefficient (Wildman–Crippen LogP) is 5.09. The molecule has 0 fully saturated rings. The predicted molar refractivity (Wildman–Crippen MR) is 94.6 cm³/mol. The van der Waals surface area contributed by atoms with Gasteiger partial charge in [-0.15, -0.1) is 0 Å². The number of rotatable bonds is 10. The first-order chi connectivity index (χ1) is 10.2. The number of nitrogens with one attached hydrogen (secondary N) is 1. The van der Waals surface area contributed by atoms with Gasteiger partial charge in [0.25, 0.3) is 0 Å². The molecule has 1 N–H and O–H groups in total. The van der Waals surface area contributed by atoms with Gasteiger partial charge in [0.2, 0.25) is 0 Å². The first kappa shape index (κ1) is 17.5. The Bertz CT molecular complexity index is 442. The SMILES string of the molecule is C=C/C=C(\C=C)C(CCNCCC(C)C)c1ccccc1. The van der Waals surface area contributed by atoms with E-state index < -0.39 is 0 Å². The van der Waals surface area contributed by atoms with Crippen molar-refractivity contribution in [3.05, 3.63) is 72.9 Å². The molecule has 0 aliphatic rings. The van der Waals surface area contributed by atoms with E-state index in [0.717, 1.165) is 25.4 Å². The number of hydrogen-bond acceptors (Lipinski definition) is 1. The van der Waals surface area contributed by atoms with Crippen LogP contribution in [-0.2, 0) is 0 Å². The Morgan fingerprint density at radius 3 is 2.33 bits per heavy atom. The van der Waals surface area contributed by atoms with Gasteiger partial charge >= 0.3 is 0 Å². The molecule has 1 nitrogen and oxygen atoms in total. The molecule has 114 valence electrons. The Labute approximate surface area is 130 Å². The molecule has 0 radical (unpaired) electrons. The molecule has 21 heavy (non-hydrogen) atoms. The lowest BCUT2D eigenvalue weighted by Gasteiger charge is -2.19. The Morgan fingerprint density at radius 1 is 1.10 bits per heavy atom. The molecule has 0 aliphatic heterocycles. The fourth-order valence-corrected chi connectivity index (χ4v) is 2.44. The van der Waals surface area contributed by atoms with Crippen LogP contribution in [-0.4, -0.2) is 13.1 Å². The summed E-state index contributed by atoms with van der Waals surface area (Å²) in [5, 5.41) is 3.55. The van der Waals surface area contributed by atoms with E-state index in [9.17, 15) is 0 Å². The van der Waals surface area contributed by atoms with Crippen molar-refractivity contribution >= 4 is 0 Å². The van der Waals surface area contributed by atoms with Gasteiger partial charge in [0.15, 0.2) is 0 Å². The van der Waals surface area contributed by atoms with Gasteiger partial charge < -0.3 is 5.32 Å². The van der Waals surface area contributed by atoms with E-state index in [1.165, 1.54) is 17.6 Å². The van der Waals surface area contributed by atoms with Crippen LogP contribution >= 0.6 is 0 Å². The summed E-state index contributed by atoms with van der Waals surface area (Å²) < 4.78 is 0. The first-order valence-electron chi connectivity index (χ1n) is 7.89. The van der Waals surface area contributed by atoms with E-state index >= 15 is 0 Å². The van der Waals surface area contributed by atoms with E-state index in [2.05, 4.69) is 68.7 Å². The molecule has 1 heteroatoms. The van der Waals surface area contributed by atoms with Crippen molar-refractivity contribution in [2.75, 3.05) is 13.1 Å². The van der Waals surface area contributed by atoms with E-state index in [-0.39, 0.29) is 0 Å². The van der Waals surface area contributed by atoms with Crippen LogP contribution in [0.1, 0.15) is 38.2 Å². The van der Waals surface area contributed by atoms with Crippen LogP contribution < -0.4 is 5.32 Å². The maximum absolute atomic E-state index is 3.96. The van der Waals surface area contributed by atoms with Crippen molar-refractivity contribution in [2.24, 2.45) is 5.92 Å². The Balaban J connectivity index is 2.67. The lowest BCUT2D eigenvalue weighted by molar-refractivity contribution is 0.524. The van der Waals surface area contributed by atoms with Crippen molar-refractivity contribution in [1.82, 2.24) is 5.32 Å². The maximum Gasteiger partial charge on any atom is 0.0101 e.